The van der Waals surface area contributed by atoms with Crippen LogP contribution >= 0.6 is 0 Å². The summed E-state index contributed by atoms with van der Waals surface area (Å²) < 4.78 is 2.02. The lowest BCUT2D eigenvalue weighted by atomic mass is 9.78. The van der Waals surface area contributed by atoms with Gasteiger partial charge in [0.25, 0.3) is 0 Å². The molecule has 0 atom stereocenters. The van der Waals surface area contributed by atoms with E-state index in [0.717, 1.165) is 37.0 Å². The van der Waals surface area contributed by atoms with Gasteiger partial charge in [0.2, 0.25) is 0 Å². The summed E-state index contributed by atoms with van der Waals surface area (Å²) in [6.07, 6.45) is 12.7. The molecule has 0 spiro atoms. The molecule has 0 radical (unpaired) electrons. The molecule has 1 saturated heterocycles. The Bertz CT molecular complexity index is 1030. The lowest BCUT2D eigenvalue weighted by Gasteiger charge is -2.48. The number of fused-ring (bicyclic) bond motifs is 1. The van der Waals surface area contributed by atoms with E-state index in [1.807, 2.05) is 22.8 Å². The fourth-order valence-corrected chi connectivity index (χ4v) is 6.19. The minimum atomic E-state index is 0.0415. The Morgan fingerprint density at radius 2 is 1.39 bits per heavy atom. The van der Waals surface area contributed by atoms with Crippen molar-refractivity contribution in [2.45, 2.75) is 75.8 Å². The van der Waals surface area contributed by atoms with Crippen LogP contribution in [0.2, 0.25) is 0 Å². The smallest absolute Gasteiger partial charge is 0.306 e. The number of nitrogens with zero attached hydrogens (tertiary/aromatic N) is 2. The van der Waals surface area contributed by atoms with E-state index in [2.05, 4.69) is 46.3 Å². The molecule has 2 aliphatic rings. The van der Waals surface area contributed by atoms with Gasteiger partial charge in [0.05, 0.1) is 11.0 Å². The van der Waals surface area contributed by atoms with Crippen LogP contribution in [0.5, 0.6) is 0 Å². The number of para-hydroxylation sites is 2. The number of aromatic nitrogens is 2. The van der Waals surface area contributed by atoms with Crippen molar-refractivity contribution in [2.75, 3.05) is 13.1 Å². The Balaban J connectivity index is 1.42. The van der Waals surface area contributed by atoms with Crippen molar-refractivity contribution < 1.29 is 0 Å². The van der Waals surface area contributed by atoms with E-state index in [4.69, 9.17) is 0 Å². The number of aromatic amines is 1. The summed E-state index contributed by atoms with van der Waals surface area (Å²) in [5.41, 5.74) is 3.69. The fraction of sp³-hybridized carbons (Fsp3) is 0.519. The van der Waals surface area contributed by atoms with Gasteiger partial charge < -0.3 is 4.98 Å². The number of piperidine rings is 1. The number of likely N-dealkylation sites (tertiary alicyclic amines) is 1. The molecule has 4 heteroatoms. The predicted octanol–water partition coefficient (Wildman–Crippen LogP) is 6.00. The van der Waals surface area contributed by atoms with Gasteiger partial charge in [0, 0.05) is 24.7 Å². The van der Waals surface area contributed by atoms with Gasteiger partial charge >= 0.3 is 5.69 Å². The molecule has 2 fully saturated rings. The summed E-state index contributed by atoms with van der Waals surface area (Å²) in [6, 6.07) is 19.7. The van der Waals surface area contributed by atoms with Gasteiger partial charge in [-0.1, -0.05) is 81.0 Å². The largest absolute Gasteiger partial charge is 0.326 e. The highest BCUT2D eigenvalue weighted by Crippen LogP contribution is 2.42. The first-order chi connectivity index (χ1) is 15.3. The van der Waals surface area contributed by atoms with E-state index in [1.54, 1.807) is 0 Å². The van der Waals surface area contributed by atoms with Crippen LogP contribution in [-0.4, -0.2) is 27.5 Å². The van der Waals surface area contributed by atoms with Gasteiger partial charge in [-0.25, -0.2) is 4.79 Å². The minimum absolute atomic E-state index is 0.0415. The number of imidazole rings is 1. The Labute approximate surface area is 185 Å². The van der Waals surface area contributed by atoms with Crippen LogP contribution in [0.15, 0.2) is 59.4 Å². The third-order valence-corrected chi connectivity index (χ3v) is 7.80. The molecule has 5 rings (SSSR count). The van der Waals surface area contributed by atoms with Crippen molar-refractivity contribution in [1.82, 2.24) is 14.5 Å². The van der Waals surface area contributed by atoms with Crippen molar-refractivity contribution in [3.05, 3.63) is 70.6 Å². The number of benzene rings is 2. The zero-order valence-electron chi connectivity index (χ0n) is 18.6. The summed E-state index contributed by atoms with van der Waals surface area (Å²) in [7, 11) is 0. The summed E-state index contributed by atoms with van der Waals surface area (Å²) in [5.74, 6) is 0. The number of hydrogen-bond acceptors (Lipinski definition) is 2. The molecule has 164 valence electrons. The van der Waals surface area contributed by atoms with Crippen molar-refractivity contribution in [1.29, 1.82) is 0 Å². The van der Waals surface area contributed by atoms with Crippen LogP contribution < -0.4 is 5.69 Å². The Morgan fingerprint density at radius 3 is 2.10 bits per heavy atom. The maximum Gasteiger partial charge on any atom is 0.326 e. The van der Waals surface area contributed by atoms with Crippen LogP contribution in [0.25, 0.3) is 11.0 Å². The molecule has 1 aliphatic carbocycles. The van der Waals surface area contributed by atoms with E-state index < -0.39 is 0 Å². The summed E-state index contributed by atoms with van der Waals surface area (Å²) in [5, 5.41) is 0. The molecule has 1 N–H and O–H groups in total. The summed E-state index contributed by atoms with van der Waals surface area (Å²) in [4.78, 5) is 18.6. The third-order valence-electron chi connectivity index (χ3n) is 7.80. The number of nitrogens with one attached hydrogen (secondary N) is 1. The molecule has 1 aliphatic heterocycles. The molecule has 4 nitrogen and oxygen atoms in total. The average Bonchev–Trinajstić information content (AvgIpc) is 3.21. The average molecular weight is 418 g/mol. The molecule has 2 aromatic carbocycles. The molecule has 1 saturated carbocycles. The molecule has 2 heterocycles. The topological polar surface area (TPSA) is 41.0 Å². The van der Waals surface area contributed by atoms with Gasteiger partial charge in [-0.15, -0.1) is 0 Å². The highest BCUT2D eigenvalue weighted by molar-refractivity contribution is 5.75. The highest BCUT2D eigenvalue weighted by Gasteiger charge is 2.40. The van der Waals surface area contributed by atoms with E-state index in [-0.39, 0.29) is 17.3 Å². The first-order valence-corrected chi connectivity index (χ1v) is 12.3. The van der Waals surface area contributed by atoms with Gasteiger partial charge in [-0.05, 0) is 43.4 Å². The van der Waals surface area contributed by atoms with Crippen LogP contribution in [0, 0.1) is 0 Å². The number of hydrogen-bond donors (Lipinski definition) is 1. The molecule has 31 heavy (non-hydrogen) atoms. The minimum Gasteiger partial charge on any atom is -0.306 e. The zero-order chi connectivity index (χ0) is 21.1. The molecule has 0 bridgehead atoms. The Morgan fingerprint density at radius 1 is 0.774 bits per heavy atom. The van der Waals surface area contributed by atoms with Gasteiger partial charge in [0.1, 0.15) is 0 Å². The van der Waals surface area contributed by atoms with Crippen LogP contribution in [-0.2, 0) is 5.54 Å². The predicted molar refractivity (Wildman–Crippen MR) is 127 cm³/mol. The van der Waals surface area contributed by atoms with Gasteiger partial charge in [-0.3, -0.25) is 9.47 Å². The molecular formula is C27H35N3O. The van der Waals surface area contributed by atoms with Crippen LogP contribution in [0.4, 0.5) is 0 Å². The summed E-state index contributed by atoms with van der Waals surface area (Å²) >= 11 is 0. The number of H-pyrrole nitrogens is 1. The molecule has 0 amide bonds. The molecular weight excluding hydrogens is 382 g/mol. The lowest BCUT2D eigenvalue weighted by molar-refractivity contribution is 0.0312. The van der Waals surface area contributed by atoms with E-state index in [0.29, 0.717) is 0 Å². The van der Waals surface area contributed by atoms with Crippen molar-refractivity contribution >= 4 is 11.0 Å². The Kier molecular flexibility index (Phi) is 5.99. The van der Waals surface area contributed by atoms with E-state index in [1.165, 1.54) is 56.9 Å². The second-order valence-corrected chi connectivity index (χ2v) is 9.55. The number of rotatable bonds is 3. The molecule has 1 aromatic heterocycles. The zero-order valence-corrected chi connectivity index (χ0v) is 18.6. The van der Waals surface area contributed by atoms with Crippen LogP contribution in [0.1, 0.15) is 75.8 Å². The van der Waals surface area contributed by atoms with Crippen molar-refractivity contribution in [3.8, 4) is 0 Å². The van der Waals surface area contributed by atoms with E-state index in [9.17, 15) is 4.79 Å². The SMILES string of the molecule is O=c1[nH]c2ccccc2n1C1CCN(C2(c3ccccc3)CCCCCCCC2)CC1. The standard InChI is InChI=1S/C27H35N3O/c31-26-28-24-14-8-9-15-25(24)30(26)23-16-20-29(21-17-23)27(22-12-6-5-7-13-22)18-10-3-1-2-4-11-19-27/h5-9,12-15,23H,1-4,10-11,16-21H2,(H,28,31). The fourth-order valence-electron chi connectivity index (χ4n) is 6.19. The van der Waals surface area contributed by atoms with E-state index >= 15 is 0 Å². The maximum atomic E-state index is 12.7. The third kappa shape index (κ3) is 3.98. The first kappa shape index (κ1) is 20.6. The van der Waals surface area contributed by atoms with Crippen molar-refractivity contribution in [2.24, 2.45) is 0 Å². The van der Waals surface area contributed by atoms with Gasteiger partial charge in [0.15, 0.2) is 0 Å². The maximum absolute atomic E-state index is 12.7. The molecule has 0 unspecified atom stereocenters. The second-order valence-electron chi connectivity index (χ2n) is 9.55. The quantitative estimate of drug-likeness (QED) is 0.568. The summed E-state index contributed by atoms with van der Waals surface area (Å²) in [6.45, 7) is 2.12. The van der Waals surface area contributed by atoms with Crippen LogP contribution in [0.3, 0.4) is 0 Å². The Hall–Kier alpha value is -2.33. The van der Waals surface area contributed by atoms with Gasteiger partial charge in [-0.2, -0.15) is 0 Å². The normalized spacial score (nSPS) is 21.4. The second kappa shape index (κ2) is 9.04. The van der Waals surface area contributed by atoms with Crippen molar-refractivity contribution in [3.63, 3.8) is 0 Å². The first-order valence-electron chi connectivity index (χ1n) is 12.3. The molecule has 3 aromatic rings. The lowest BCUT2D eigenvalue weighted by Crippen LogP contribution is -2.50. The highest BCUT2D eigenvalue weighted by atomic mass is 16.1. The monoisotopic (exact) mass is 417 g/mol.